The molecule has 0 rings (SSSR count). The first-order valence-electron chi connectivity index (χ1n) is 27.4. The predicted octanol–water partition coefficient (Wildman–Crippen LogP) is 17.6. The molecule has 0 saturated heterocycles. The smallest absolute Gasteiger partial charge is 0.802 e. The third kappa shape index (κ3) is 79.4. The van der Waals surface area contributed by atoms with Crippen LogP contribution in [0.2, 0.25) is 0 Å². The Labute approximate surface area is 412 Å². The van der Waals surface area contributed by atoms with Crippen molar-refractivity contribution < 1.29 is 45.4 Å². The first-order chi connectivity index (χ1) is 30.8. The molecule has 0 aromatic carbocycles. The summed E-state index contributed by atoms with van der Waals surface area (Å²) in [4.78, 5) is 31.2. The summed E-state index contributed by atoms with van der Waals surface area (Å²) >= 11 is 0. The van der Waals surface area contributed by atoms with Crippen molar-refractivity contribution in [1.82, 2.24) is 0 Å². The molecule has 0 bridgehead atoms. The summed E-state index contributed by atoms with van der Waals surface area (Å²) in [5.74, 6) is 0. The molecule has 0 aliphatic heterocycles. The first kappa shape index (κ1) is 70.9. The Bertz CT molecular complexity index is 886. The molecule has 0 spiro atoms. The summed E-state index contributed by atoms with van der Waals surface area (Å²) in [7, 11) is -7.39. The van der Waals surface area contributed by atoms with Gasteiger partial charge in [-0.3, -0.25) is 0 Å². The van der Waals surface area contributed by atoms with Gasteiger partial charge < -0.3 is 28.4 Å². The van der Waals surface area contributed by atoms with Crippen LogP contribution in [-0.4, -0.2) is 18.5 Å². The number of hydrogen-bond acceptors (Lipinski definition) is 6. The summed E-state index contributed by atoms with van der Waals surface area (Å²) in [5, 5.41) is 0. The van der Waals surface area contributed by atoms with Crippen LogP contribution in [0, 0.1) is 0 Å². The van der Waals surface area contributed by atoms with Gasteiger partial charge in [-0.2, -0.15) is 0 Å². The van der Waals surface area contributed by atoms with Gasteiger partial charge in [0.2, 0.25) is 0 Å². The van der Waals surface area contributed by atoms with E-state index in [2.05, 4.69) is 57.2 Å². The summed E-state index contributed by atoms with van der Waals surface area (Å²) in [6, 6.07) is 0. The van der Waals surface area contributed by atoms with E-state index in [1.807, 2.05) is 0 Å². The van der Waals surface area contributed by atoms with Crippen LogP contribution < -0.4 is 14.7 Å². The predicted molar refractivity (Wildman–Crippen MR) is 280 cm³/mol. The molecule has 6 nitrogen and oxygen atoms in total. The van der Waals surface area contributed by atoms with Crippen molar-refractivity contribution in [2.45, 2.75) is 290 Å². The Hall–Kier alpha value is 0.309. The number of hydrogen-bond donors (Lipinski definition) is 0. The van der Waals surface area contributed by atoms with E-state index >= 15 is 0 Å². The molecule has 64 heavy (non-hydrogen) atoms. The van der Waals surface area contributed by atoms with Gasteiger partial charge in [0.15, 0.2) is 0 Å². The van der Waals surface area contributed by atoms with Gasteiger partial charge in [-0.1, -0.05) is 231 Å². The zero-order valence-electron chi connectivity index (χ0n) is 42.6. The maximum atomic E-state index is 10.4. The largest absolute Gasteiger partial charge is 3.00 e. The monoisotopic (exact) mass is 1000 g/mol. The Morgan fingerprint density at radius 1 is 0.250 bits per heavy atom. The maximum absolute atomic E-state index is 10.4. The number of allylic oxidation sites excluding steroid dienone is 6. The van der Waals surface area contributed by atoms with Gasteiger partial charge in [-0.15, -0.1) is 0 Å². The third-order valence-electron chi connectivity index (χ3n) is 11.7. The molecule has 383 valence electrons. The van der Waals surface area contributed by atoms with Crippen molar-refractivity contribution in [2.24, 2.45) is 0 Å². The molecule has 0 aromatic rings. The van der Waals surface area contributed by atoms with Gasteiger partial charge in [-0.05, 0) is 115 Å². The number of rotatable bonds is 48. The van der Waals surface area contributed by atoms with Crippen molar-refractivity contribution in [1.29, 1.82) is 0 Å². The Balaban J connectivity index is -0.000000419. The summed E-state index contributed by atoms with van der Waals surface area (Å²) in [6.45, 7) is 6.79. The fourth-order valence-corrected chi connectivity index (χ4v) is 9.17. The molecule has 0 fully saturated rings. The minimum atomic E-state index is -2.46. The first-order valence-corrected chi connectivity index (χ1v) is 31.9. The average Bonchev–Trinajstić information content (AvgIpc) is 3.26. The van der Waals surface area contributed by atoms with Crippen LogP contribution in [0.3, 0.4) is 0 Å². The van der Waals surface area contributed by atoms with E-state index in [4.69, 9.17) is 0 Å². The quantitative estimate of drug-likeness (QED) is 0.0259. The van der Waals surface area contributed by atoms with E-state index < -0.39 is 24.1 Å². The van der Waals surface area contributed by atoms with Gasteiger partial charge in [-0.25, -0.2) is 0 Å². The van der Waals surface area contributed by atoms with Gasteiger partial charge in [0.25, 0.3) is 0 Å². The topological polar surface area (TPSA) is 120 Å². The van der Waals surface area contributed by atoms with Gasteiger partial charge in [0, 0.05) is 24.1 Å². The van der Waals surface area contributed by atoms with Crippen molar-refractivity contribution in [2.75, 3.05) is 18.5 Å². The zero-order chi connectivity index (χ0) is 46.8. The second-order valence-corrected chi connectivity index (χ2v) is 21.9. The Morgan fingerprint density at radius 2 is 0.391 bits per heavy atom. The van der Waals surface area contributed by atoms with E-state index in [0.717, 1.165) is 38.5 Å². The molecular formula is C54H108FeO6P3. The molecule has 10 heteroatoms. The molecule has 0 saturated carbocycles. The van der Waals surface area contributed by atoms with Crippen LogP contribution in [0.5, 0.6) is 0 Å². The van der Waals surface area contributed by atoms with Crippen LogP contribution in [0.15, 0.2) is 36.5 Å². The fraction of sp³-hybridized carbons (Fsp3) is 0.889. The van der Waals surface area contributed by atoms with Crippen LogP contribution in [-0.2, 0) is 30.8 Å². The summed E-state index contributed by atoms with van der Waals surface area (Å²) < 4.78 is 31.2. The van der Waals surface area contributed by atoms with Crippen LogP contribution in [0.4, 0.5) is 0 Å². The average molecular weight is 1000 g/mol. The zero-order valence-corrected chi connectivity index (χ0v) is 46.7. The molecule has 0 aliphatic rings. The van der Waals surface area contributed by atoms with Gasteiger partial charge in [0.05, 0.1) is 0 Å². The van der Waals surface area contributed by atoms with Crippen LogP contribution >= 0.6 is 24.1 Å². The molecule has 0 heterocycles. The number of unbranched alkanes of at least 4 members (excludes halogenated alkanes) is 36. The molecule has 3 atom stereocenters. The third-order valence-corrected chi connectivity index (χ3v) is 14.0. The normalized spacial score (nSPS) is 12.8. The Morgan fingerprint density at radius 3 is 0.547 bits per heavy atom. The van der Waals surface area contributed by atoms with Crippen molar-refractivity contribution in [3.8, 4) is 0 Å². The minimum absolute atomic E-state index is 0. The molecule has 0 amide bonds. The van der Waals surface area contributed by atoms with Gasteiger partial charge >= 0.3 is 17.1 Å². The van der Waals surface area contributed by atoms with Crippen LogP contribution in [0.1, 0.15) is 290 Å². The maximum Gasteiger partial charge on any atom is 3.00 e. The van der Waals surface area contributed by atoms with Crippen molar-refractivity contribution in [3.05, 3.63) is 36.5 Å². The summed E-state index contributed by atoms with van der Waals surface area (Å²) in [6.07, 6.45) is 68.4. The molecule has 0 N–H and O–H groups in total. The molecule has 0 aliphatic carbocycles. The van der Waals surface area contributed by atoms with Crippen LogP contribution in [0.25, 0.3) is 0 Å². The van der Waals surface area contributed by atoms with E-state index in [1.165, 1.54) is 231 Å². The van der Waals surface area contributed by atoms with E-state index in [1.54, 1.807) is 0 Å². The van der Waals surface area contributed by atoms with E-state index in [0.29, 0.717) is 18.5 Å². The van der Waals surface area contributed by atoms with E-state index in [-0.39, 0.29) is 17.1 Å². The molecule has 0 aromatic heterocycles. The molecule has 1 radical (unpaired) electrons. The van der Waals surface area contributed by atoms with Gasteiger partial charge in [0.1, 0.15) is 0 Å². The molecule has 3 unspecified atom stereocenters. The fourth-order valence-electron chi connectivity index (χ4n) is 7.55. The van der Waals surface area contributed by atoms with Crippen molar-refractivity contribution in [3.63, 3.8) is 0 Å². The second-order valence-electron chi connectivity index (χ2n) is 18.2. The van der Waals surface area contributed by atoms with E-state index in [9.17, 15) is 28.4 Å². The Kier molecular flexibility index (Phi) is 74.8. The standard InChI is InChI=1S/3C18H37O2P.Fe/c3*1-2-3-4-5-6-7-8-9-10-11-12-13-14-15-16-17-18-21(19)20;/h3*9-10,21H,2-8,11-18H2,1H3,(H,19,20);/q;;;+3/p-3. The molecular weight excluding hydrogens is 893 g/mol. The summed E-state index contributed by atoms with van der Waals surface area (Å²) in [5.41, 5.74) is 0. The SMILES string of the molecule is CCCCCCCCC=CCCCCCCCC[PH](=O)[O-].CCCCCCCCC=CCCCCCCCC[PH](=O)[O-].CCCCCCCCC=CCCCCCCCC[PH](=O)[O-].[Fe+3]. The minimum Gasteiger partial charge on any atom is -0.802 e. The van der Waals surface area contributed by atoms with Crippen molar-refractivity contribution >= 4 is 24.1 Å². The second kappa shape index (κ2) is 67.6.